The van der Waals surface area contributed by atoms with Crippen molar-refractivity contribution in [2.24, 2.45) is 5.92 Å². The highest BCUT2D eigenvalue weighted by molar-refractivity contribution is 7.84. The molecule has 1 fully saturated rings. The van der Waals surface area contributed by atoms with Crippen molar-refractivity contribution in [1.82, 2.24) is 9.88 Å². The maximum absolute atomic E-state index is 11.6. The highest BCUT2D eigenvalue weighted by atomic mass is 32.2. The van der Waals surface area contributed by atoms with E-state index in [-0.39, 0.29) is 0 Å². The summed E-state index contributed by atoms with van der Waals surface area (Å²) in [7, 11) is -0.912. The molecule has 20 heavy (non-hydrogen) atoms. The minimum atomic E-state index is -0.912. The Morgan fingerprint density at radius 3 is 3.00 bits per heavy atom. The minimum Gasteiger partial charge on any atom is -0.361 e. The van der Waals surface area contributed by atoms with Gasteiger partial charge in [0.1, 0.15) is 0 Å². The maximum Gasteiger partial charge on any atom is 0.0498 e. The molecule has 0 spiro atoms. The van der Waals surface area contributed by atoms with Gasteiger partial charge in [0.05, 0.1) is 0 Å². The van der Waals surface area contributed by atoms with Crippen LogP contribution in [0.3, 0.4) is 0 Å². The molecule has 2 aromatic rings. The predicted octanol–water partition coefficient (Wildman–Crippen LogP) is 2.79. The van der Waals surface area contributed by atoms with Crippen LogP contribution in [0.2, 0.25) is 0 Å². The molecule has 0 bridgehead atoms. The van der Waals surface area contributed by atoms with Crippen LogP contribution < -0.4 is 0 Å². The molecule has 2 heterocycles. The van der Waals surface area contributed by atoms with Gasteiger partial charge in [0, 0.05) is 52.1 Å². The fraction of sp³-hybridized carbons (Fsp3) is 0.500. The summed E-state index contributed by atoms with van der Waals surface area (Å²) in [6.07, 6.45) is 6.23. The molecule has 0 saturated carbocycles. The molecule has 0 radical (unpaired) electrons. The quantitative estimate of drug-likeness (QED) is 0.940. The standard InChI is InChI=1S/C16H22N2OS/c1-12-5-7-18(11-12)8-6-13-10-17-16-4-3-14(20(2)19)9-15(13)16/h3-4,9-10,12,17H,5-8,11H2,1-2H3/t12-,20?/m0/s1. The Morgan fingerprint density at radius 1 is 1.45 bits per heavy atom. The van der Waals surface area contributed by atoms with Crippen molar-refractivity contribution < 1.29 is 4.21 Å². The fourth-order valence-electron chi connectivity index (χ4n) is 3.05. The van der Waals surface area contributed by atoms with Crippen molar-refractivity contribution in [3.63, 3.8) is 0 Å². The summed E-state index contributed by atoms with van der Waals surface area (Å²) in [4.78, 5) is 6.78. The number of hydrogen-bond acceptors (Lipinski definition) is 2. The van der Waals surface area contributed by atoms with Gasteiger partial charge in [-0.1, -0.05) is 6.92 Å². The molecule has 1 aromatic carbocycles. The van der Waals surface area contributed by atoms with Crippen LogP contribution in [0.4, 0.5) is 0 Å². The second kappa shape index (κ2) is 5.70. The van der Waals surface area contributed by atoms with Gasteiger partial charge in [0.25, 0.3) is 0 Å². The van der Waals surface area contributed by atoms with E-state index in [2.05, 4.69) is 29.1 Å². The van der Waals surface area contributed by atoms with Crippen LogP contribution in [-0.4, -0.2) is 40.0 Å². The summed E-state index contributed by atoms with van der Waals surface area (Å²) in [6, 6.07) is 6.05. The molecule has 3 nitrogen and oxygen atoms in total. The summed E-state index contributed by atoms with van der Waals surface area (Å²) >= 11 is 0. The smallest absolute Gasteiger partial charge is 0.0498 e. The Hall–Kier alpha value is -1.13. The molecule has 4 heteroatoms. The predicted molar refractivity (Wildman–Crippen MR) is 84.6 cm³/mol. The Bertz CT molecular complexity index is 634. The molecular formula is C16H22N2OS. The number of likely N-dealkylation sites (tertiary alicyclic amines) is 1. The molecule has 1 saturated heterocycles. The zero-order valence-corrected chi connectivity index (χ0v) is 13.0. The SMILES string of the molecule is C[C@H]1CCN(CCc2c[nH]c3ccc(S(C)=O)cc23)C1. The highest BCUT2D eigenvalue weighted by Gasteiger charge is 2.18. The summed E-state index contributed by atoms with van der Waals surface area (Å²) < 4.78 is 11.6. The lowest BCUT2D eigenvalue weighted by atomic mass is 10.1. The lowest BCUT2D eigenvalue weighted by Gasteiger charge is -2.14. The first-order valence-electron chi connectivity index (χ1n) is 7.29. The van der Waals surface area contributed by atoms with Gasteiger partial charge in [-0.3, -0.25) is 4.21 Å². The normalized spacial score (nSPS) is 21.6. The average molecular weight is 290 g/mol. The lowest BCUT2D eigenvalue weighted by molar-refractivity contribution is 0.332. The number of benzene rings is 1. The summed E-state index contributed by atoms with van der Waals surface area (Å²) in [5, 5.41) is 1.23. The van der Waals surface area contributed by atoms with E-state index in [1.165, 1.54) is 30.5 Å². The monoisotopic (exact) mass is 290 g/mol. The first-order valence-corrected chi connectivity index (χ1v) is 8.85. The van der Waals surface area contributed by atoms with Gasteiger partial charge in [-0.15, -0.1) is 0 Å². The van der Waals surface area contributed by atoms with Crippen LogP contribution in [0.1, 0.15) is 18.9 Å². The third kappa shape index (κ3) is 2.81. The van der Waals surface area contributed by atoms with Gasteiger partial charge >= 0.3 is 0 Å². The van der Waals surface area contributed by atoms with Crippen LogP contribution in [0.25, 0.3) is 10.9 Å². The molecule has 108 valence electrons. The molecule has 0 aliphatic carbocycles. The number of aromatic nitrogens is 1. The first-order chi connectivity index (χ1) is 9.63. The molecule has 3 rings (SSSR count). The third-order valence-electron chi connectivity index (χ3n) is 4.28. The van der Waals surface area contributed by atoms with Gasteiger partial charge in [0.2, 0.25) is 0 Å². The lowest BCUT2D eigenvalue weighted by Crippen LogP contribution is -2.22. The number of rotatable bonds is 4. The molecular weight excluding hydrogens is 268 g/mol. The van der Waals surface area contributed by atoms with Crippen molar-refractivity contribution in [3.05, 3.63) is 30.0 Å². The van der Waals surface area contributed by atoms with Crippen molar-refractivity contribution in [3.8, 4) is 0 Å². The summed E-state index contributed by atoms with van der Waals surface area (Å²) in [6.45, 7) is 5.91. The van der Waals surface area contributed by atoms with Crippen LogP contribution >= 0.6 is 0 Å². The third-order valence-corrected chi connectivity index (χ3v) is 5.19. The molecule has 1 N–H and O–H groups in total. The van der Waals surface area contributed by atoms with Crippen molar-refractivity contribution >= 4 is 21.7 Å². The van der Waals surface area contributed by atoms with Gasteiger partial charge in [0.15, 0.2) is 0 Å². The number of H-pyrrole nitrogens is 1. The van der Waals surface area contributed by atoms with Crippen LogP contribution in [0.15, 0.2) is 29.3 Å². The first kappa shape index (κ1) is 13.8. The van der Waals surface area contributed by atoms with E-state index in [1.807, 2.05) is 12.1 Å². The zero-order chi connectivity index (χ0) is 14.1. The van der Waals surface area contributed by atoms with E-state index in [0.717, 1.165) is 29.3 Å². The van der Waals surface area contributed by atoms with E-state index in [9.17, 15) is 4.21 Å². The molecule has 1 aliphatic rings. The van der Waals surface area contributed by atoms with Crippen molar-refractivity contribution in [2.45, 2.75) is 24.7 Å². The van der Waals surface area contributed by atoms with Crippen molar-refractivity contribution in [2.75, 3.05) is 25.9 Å². The van der Waals surface area contributed by atoms with E-state index in [4.69, 9.17) is 0 Å². The Labute approximate surface area is 122 Å². The number of fused-ring (bicyclic) bond motifs is 1. The molecule has 1 aromatic heterocycles. The van der Waals surface area contributed by atoms with Gasteiger partial charge < -0.3 is 9.88 Å². The second-order valence-electron chi connectivity index (χ2n) is 5.92. The number of aromatic amines is 1. The number of nitrogens with zero attached hydrogens (tertiary/aromatic N) is 1. The Balaban J connectivity index is 1.77. The topological polar surface area (TPSA) is 36.1 Å². The maximum atomic E-state index is 11.6. The zero-order valence-electron chi connectivity index (χ0n) is 12.2. The fourth-order valence-corrected chi connectivity index (χ4v) is 3.59. The van der Waals surface area contributed by atoms with Crippen LogP contribution in [0, 0.1) is 5.92 Å². The number of nitrogens with one attached hydrogen (secondary N) is 1. The highest BCUT2D eigenvalue weighted by Crippen LogP contribution is 2.23. The van der Waals surface area contributed by atoms with Gasteiger partial charge in [-0.25, -0.2) is 0 Å². The minimum absolute atomic E-state index is 0.840. The average Bonchev–Trinajstić information content (AvgIpc) is 3.02. The van der Waals surface area contributed by atoms with Crippen LogP contribution in [0.5, 0.6) is 0 Å². The van der Waals surface area contributed by atoms with E-state index >= 15 is 0 Å². The molecule has 2 atom stereocenters. The largest absolute Gasteiger partial charge is 0.361 e. The van der Waals surface area contributed by atoms with Crippen molar-refractivity contribution in [1.29, 1.82) is 0 Å². The van der Waals surface area contributed by atoms with E-state index in [1.54, 1.807) is 6.26 Å². The molecule has 0 amide bonds. The summed E-state index contributed by atoms with van der Waals surface area (Å²) in [5.41, 5.74) is 2.48. The summed E-state index contributed by atoms with van der Waals surface area (Å²) in [5.74, 6) is 0.840. The van der Waals surface area contributed by atoms with Gasteiger partial charge in [-0.05, 0) is 49.1 Å². The second-order valence-corrected chi connectivity index (χ2v) is 7.30. The Kier molecular flexibility index (Phi) is 3.94. The molecule has 1 aliphatic heterocycles. The van der Waals surface area contributed by atoms with E-state index in [0.29, 0.717) is 0 Å². The van der Waals surface area contributed by atoms with Crippen LogP contribution in [-0.2, 0) is 17.2 Å². The Morgan fingerprint density at radius 2 is 2.30 bits per heavy atom. The molecule has 1 unspecified atom stereocenters. The van der Waals surface area contributed by atoms with E-state index < -0.39 is 10.8 Å². The number of hydrogen-bond donors (Lipinski definition) is 1. The van der Waals surface area contributed by atoms with Gasteiger partial charge in [-0.2, -0.15) is 0 Å².